The zero-order valence-corrected chi connectivity index (χ0v) is 37.9. The molecule has 11 aromatic rings. The van der Waals surface area contributed by atoms with Gasteiger partial charge in [-0.1, -0.05) is 207 Å². The van der Waals surface area contributed by atoms with E-state index in [9.17, 15) is 0 Å². The van der Waals surface area contributed by atoms with Crippen molar-refractivity contribution in [3.63, 3.8) is 0 Å². The molecular weight excluding hydrogens is 821 g/mol. The van der Waals surface area contributed by atoms with E-state index >= 15 is 0 Å². The lowest BCUT2D eigenvalue weighted by molar-refractivity contribution is 0.630. The highest BCUT2D eigenvalue weighted by atomic mass is 15.0. The van der Waals surface area contributed by atoms with E-state index in [0.717, 1.165) is 17.1 Å². The van der Waals surface area contributed by atoms with Crippen LogP contribution in [0, 0.1) is 5.92 Å². The highest BCUT2D eigenvalue weighted by molar-refractivity contribution is 6.13. The Labute approximate surface area is 397 Å². The van der Waals surface area contributed by atoms with Gasteiger partial charge in [-0.25, -0.2) is 0 Å². The number of benzene rings is 10. The van der Waals surface area contributed by atoms with E-state index < -0.39 is 5.41 Å². The van der Waals surface area contributed by atoms with Crippen LogP contribution in [0.4, 0.5) is 5.69 Å². The Kier molecular flexibility index (Phi) is 9.47. The van der Waals surface area contributed by atoms with Crippen LogP contribution >= 0.6 is 0 Å². The van der Waals surface area contributed by atoms with Crippen LogP contribution in [0.25, 0.3) is 71.6 Å². The molecule has 2 atom stereocenters. The third-order valence-electron chi connectivity index (χ3n) is 14.7. The second-order valence-electron chi connectivity index (χ2n) is 18.6. The van der Waals surface area contributed by atoms with Gasteiger partial charge in [0.05, 0.1) is 16.4 Å². The van der Waals surface area contributed by atoms with Crippen molar-refractivity contribution >= 4 is 38.3 Å². The predicted molar refractivity (Wildman–Crippen MR) is 286 cm³/mol. The molecular formula is C66H48N2. The number of rotatable bonds is 8. The average molecular weight is 869 g/mol. The highest BCUT2D eigenvalue weighted by Gasteiger charge is 2.46. The van der Waals surface area contributed by atoms with Crippen molar-refractivity contribution in [1.29, 1.82) is 0 Å². The van der Waals surface area contributed by atoms with Gasteiger partial charge in [-0.05, 0) is 127 Å². The third kappa shape index (κ3) is 6.40. The molecule has 0 amide bonds. The van der Waals surface area contributed by atoms with Crippen molar-refractivity contribution < 1.29 is 0 Å². The van der Waals surface area contributed by atoms with E-state index in [4.69, 9.17) is 0 Å². The lowest BCUT2D eigenvalue weighted by atomic mass is 9.67. The monoisotopic (exact) mass is 868 g/mol. The van der Waals surface area contributed by atoms with Crippen LogP contribution < -0.4 is 5.32 Å². The summed E-state index contributed by atoms with van der Waals surface area (Å²) in [4.78, 5) is 0. The maximum atomic E-state index is 3.85. The summed E-state index contributed by atoms with van der Waals surface area (Å²) in [6, 6.07) is 87.5. The third-order valence-corrected chi connectivity index (χ3v) is 14.7. The van der Waals surface area contributed by atoms with E-state index in [1.807, 2.05) is 0 Å². The summed E-state index contributed by atoms with van der Waals surface area (Å²) in [7, 11) is 0. The quantitative estimate of drug-likeness (QED) is 0.161. The van der Waals surface area contributed by atoms with Crippen LogP contribution in [0.3, 0.4) is 0 Å². The minimum Gasteiger partial charge on any atom is -0.355 e. The van der Waals surface area contributed by atoms with Gasteiger partial charge in [0.1, 0.15) is 0 Å². The van der Waals surface area contributed by atoms with Crippen molar-refractivity contribution in [2.24, 2.45) is 5.92 Å². The molecule has 13 rings (SSSR count). The SMILES string of the molecule is CC1C=C(Nc2ccc(-c3ccc4c(c3)c3cc5c(cc3n4-c3ccc4ccccc4c3)-c3ccccc3C5(c3ccccc3)c3ccccc3)cc2-c2ccccc2)C=CC1c1ccccc1. The highest BCUT2D eigenvalue weighted by Crippen LogP contribution is 2.57. The molecule has 2 heteroatoms. The first-order chi connectivity index (χ1) is 33.6. The Hall–Kier alpha value is -8.46. The standard InChI is InChI=1S/C66H48N2/c1-44-38-53(33-35-55(44)46-19-6-2-7-20-46)67-63-36-31-49(40-57(63)47-21-8-3-9-22-47)50-32-37-64-59(41-50)60-42-62-58(43-65(60)68(64)54-34-30-45-18-14-15-23-48(45)39-54)56-28-16-17-29-61(56)66(62,51-24-10-4-11-25-51)52-26-12-5-13-27-52/h2-44,55,67H,1H3. The maximum Gasteiger partial charge on any atom is 0.0713 e. The fourth-order valence-electron chi connectivity index (χ4n) is 11.6. The lowest BCUT2D eigenvalue weighted by Gasteiger charge is -2.34. The molecule has 68 heavy (non-hydrogen) atoms. The summed E-state index contributed by atoms with van der Waals surface area (Å²) in [6.07, 6.45) is 6.97. The Morgan fingerprint density at radius 2 is 1.07 bits per heavy atom. The van der Waals surface area contributed by atoms with Crippen LogP contribution in [-0.2, 0) is 5.41 Å². The molecule has 322 valence electrons. The Morgan fingerprint density at radius 3 is 1.82 bits per heavy atom. The topological polar surface area (TPSA) is 17.0 Å². The summed E-state index contributed by atoms with van der Waals surface area (Å²) in [5.41, 5.74) is 19.0. The zero-order valence-electron chi connectivity index (χ0n) is 37.9. The number of aromatic nitrogens is 1. The minimum atomic E-state index is -0.506. The Balaban J connectivity index is 1.01. The number of nitrogens with one attached hydrogen (secondary N) is 1. The van der Waals surface area contributed by atoms with Crippen molar-refractivity contribution in [1.82, 2.24) is 4.57 Å². The number of allylic oxidation sites excluding steroid dienone is 3. The molecule has 0 saturated carbocycles. The molecule has 2 unspecified atom stereocenters. The molecule has 1 aromatic heterocycles. The number of nitrogens with zero attached hydrogens (tertiary/aromatic N) is 1. The molecule has 0 saturated heterocycles. The molecule has 0 bridgehead atoms. The summed E-state index contributed by atoms with van der Waals surface area (Å²) >= 11 is 0. The van der Waals surface area contributed by atoms with Gasteiger partial charge in [-0.15, -0.1) is 0 Å². The predicted octanol–water partition coefficient (Wildman–Crippen LogP) is 16.9. The minimum absolute atomic E-state index is 0.351. The summed E-state index contributed by atoms with van der Waals surface area (Å²) in [5.74, 6) is 0.707. The van der Waals surface area contributed by atoms with Crippen molar-refractivity contribution in [3.8, 4) is 39.1 Å². The zero-order chi connectivity index (χ0) is 45.2. The summed E-state index contributed by atoms with van der Waals surface area (Å²) in [6.45, 7) is 2.31. The van der Waals surface area contributed by atoms with Crippen LogP contribution in [0.5, 0.6) is 0 Å². The molecule has 1 N–H and O–H groups in total. The fraction of sp³-hybridized carbons (Fsp3) is 0.0606. The van der Waals surface area contributed by atoms with Crippen LogP contribution in [0.15, 0.2) is 261 Å². The molecule has 0 radical (unpaired) electrons. The maximum absolute atomic E-state index is 3.85. The van der Waals surface area contributed by atoms with Gasteiger partial charge in [0.2, 0.25) is 0 Å². The lowest BCUT2D eigenvalue weighted by Crippen LogP contribution is -2.28. The molecule has 2 nitrogen and oxygen atoms in total. The van der Waals surface area contributed by atoms with Gasteiger partial charge in [0.25, 0.3) is 0 Å². The Bertz CT molecular complexity index is 3730. The number of fused-ring (bicyclic) bond motifs is 7. The van der Waals surface area contributed by atoms with E-state index in [2.05, 4.69) is 272 Å². The second-order valence-corrected chi connectivity index (χ2v) is 18.6. The van der Waals surface area contributed by atoms with E-state index in [0.29, 0.717) is 11.8 Å². The number of hydrogen-bond acceptors (Lipinski definition) is 1. The molecule has 1 heterocycles. The molecule has 10 aromatic carbocycles. The first-order valence-corrected chi connectivity index (χ1v) is 23.9. The van der Waals surface area contributed by atoms with Gasteiger partial charge in [0.15, 0.2) is 0 Å². The van der Waals surface area contributed by atoms with Gasteiger partial charge in [-0.3, -0.25) is 0 Å². The van der Waals surface area contributed by atoms with Gasteiger partial charge < -0.3 is 9.88 Å². The summed E-state index contributed by atoms with van der Waals surface area (Å²) in [5, 5.41) is 8.77. The first kappa shape index (κ1) is 39.9. The largest absolute Gasteiger partial charge is 0.355 e. The van der Waals surface area contributed by atoms with Crippen molar-refractivity contribution in [2.45, 2.75) is 18.3 Å². The van der Waals surface area contributed by atoms with E-state index in [1.165, 1.54) is 93.8 Å². The van der Waals surface area contributed by atoms with Crippen molar-refractivity contribution in [3.05, 3.63) is 288 Å². The van der Waals surface area contributed by atoms with E-state index in [-0.39, 0.29) is 0 Å². The van der Waals surface area contributed by atoms with Crippen LogP contribution in [0.2, 0.25) is 0 Å². The van der Waals surface area contributed by atoms with Crippen LogP contribution in [-0.4, -0.2) is 4.57 Å². The van der Waals surface area contributed by atoms with E-state index in [1.54, 1.807) is 0 Å². The molecule has 0 spiro atoms. The number of anilines is 1. The average Bonchev–Trinajstić information content (AvgIpc) is 3.88. The normalized spacial score (nSPS) is 15.9. The molecule has 0 aliphatic heterocycles. The molecule has 2 aliphatic rings. The van der Waals surface area contributed by atoms with Crippen molar-refractivity contribution in [2.75, 3.05) is 5.32 Å². The second kappa shape index (κ2) is 16.2. The first-order valence-electron chi connectivity index (χ1n) is 23.9. The summed E-state index contributed by atoms with van der Waals surface area (Å²) < 4.78 is 2.49. The van der Waals surface area contributed by atoms with Crippen LogP contribution in [0.1, 0.15) is 40.7 Å². The van der Waals surface area contributed by atoms with Gasteiger partial charge in [-0.2, -0.15) is 0 Å². The van der Waals surface area contributed by atoms with Gasteiger partial charge in [0, 0.05) is 39.3 Å². The number of hydrogen-bond donors (Lipinski definition) is 1. The van der Waals surface area contributed by atoms with Gasteiger partial charge >= 0.3 is 0 Å². The Morgan fingerprint density at radius 1 is 0.441 bits per heavy atom. The molecule has 2 aliphatic carbocycles. The smallest absolute Gasteiger partial charge is 0.0713 e. The molecule has 0 fully saturated rings. The fourth-order valence-corrected chi connectivity index (χ4v) is 11.6.